The Bertz CT molecular complexity index is 511. The number of hydrogen-bond donors (Lipinski definition) is 0. The van der Waals surface area contributed by atoms with Crippen LogP contribution in [0.5, 0.6) is 0 Å². The fourth-order valence-electron chi connectivity index (χ4n) is 2.11. The van der Waals surface area contributed by atoms with E-state index >= 15 is 0 Å². The Morgan fingerprint density at radius 2 is 1.88 bits per heavy atom. The summed E-state index contributed by atoms with van der Waals surface area (Å²) in [4.78, 5) is 24.2. The summed E-state index contributed by atoms with van der Waals surface area (Å²) in [5, 5.41) is 0. The van der Waals surface area contributed by atoms with Gasteiger partial charge >= 0.3 is 0 Å². The van der Waals surface area contributed by atoms with Gasteiger partial charge in [-0.3, -0.25) is 14.5 Å². The lowest BCUT2D eigenvalue weighted by atomic mass is 10.0. The number of fused-ring (bicyclic) bond motifs is 1. The van der Waals surface area contributed by atoms with Crippen LogP contribution in [0.3, 0.4) is 0 Å². The predicted octanol–water partition coefficient (Wildman–Crippen LogP) is 2.10. The number of hydrogen-bond acceptors (Lipinski definition) is 2. The van der Waals surface area contributed by atoms with E-state index in [4.69, 9.17) is 0 Å². The molecule has 0 fully saturated rings. The molecule has 0 saturated heterocycles. The van der Waals surface area contributed by atoms with Gasteiger partial charge in [-0.05, 0) is 31.0 Å². The number of alkyl halides is 2. The van der Waals surface area contributed by atoms with Crippen molar-refractivity contribution in [3.05, 3.63) is 28.8 Å². The van der Waals surface area contributed by atoms with Crippen molar-refractivity contribution >= 4 is 17.4 Å². The zero-order chi connectivity index (χ0) is 12.7. The van der Waals surface area contributed by atoms with Gasteiger partial charge in [0, 0.05) is 0 Å². The van der Waals surface area contributed by atoms with Crippen molar-refractivity contribution in [2.24, 2.45) is 0 Å². The van der Waals surface area contributed by atoms with E-state index in [1.807, 2.05) is 0 Å². The van der Waals surface area contributed by atoms with Crippen molar-refractivity contribution in [1.82, 2.24) is 0 Å². The Balaban J connectivity index is 2.56. The van der Waals surface area contributed by atoms with Gasteiger partial charge in [-0.1, -0.05) is 6.07 Å². The topological polar surface area (TPSA) is 37.4 Å². The number of Topliss-reactive ketones (excluding diaryl/α,β-unsaturated/α-hetero) is 1. The maximum absolute atomic E-state index is 12.4. The second kappa shape index (κ2) is 3.91. The molecule has 2 rings (SSSR count). The minimum atomic E-state index is -2.65. The van der Waals surface area contributed by atoms with Crippen LogP contribution < -0.4 is 4.90 Å². The number of carbonyl (C=O) groups is 2. The van der Waals surface area contributed by atoms with E-state index in [9.17, 15) is 18.4 Å². The minimum absolute atomic E-state index is 0.251. The molecule has 3 nitrogen and oxygen atoms in total. The van der Waals surface area contributed by atoms with Crippen LogP contribution in [0.25, 0.3) is 0 Å². The summed E-state index contributed by atoms with van der Waals surface area (Å²) in [7, 11) is 0. The summed E-state index contributed by atoms with van der Waals surface area (Å²) in [6.07, 6.45) is -2.65. The normalized spacial score (nSPS) is 14.8. The highest BCUT2D eigenvalue weighted by atomic mass is 19.3. The largest absolute Gasteiger partial charge is 0.299 e. The molecule has 0 aliphatic carbocycles. The molecule has 1 heterocycles. The van der Waals surface area contributed by atoms with Crippen molar-refractivity contribution in [2.45, 2.75) is 20.3 Å². The van der Waals surface area contributed by atoms with Crippen LogP contribution in [0.15, 0.2) is 12.1 Å². The van der Waals surface area contributed by atoms with Gasteiger partial charge < -0.3 is 0 Å². The van der Waals surface area contributed by atoms with E-state index in [0.717, 1.165) is 10.5 Å². The van der Waals surface area contributed by atoms with Crippen molar-refractivity contribution in [3.63, 3.8) is 0 Å². The highest BCUT2D eigenvalue weighted by Crippen LogP contribution is 2.32. The van der Waals surface area contributed by atoms with E-state index in [1.54, 1.807) is 26.0 Å². The molecule has 0 unspecified atom stereocenters. The van der Waals surface area contributed by atoms with E-state index in [0.29, 0.717) is 11.3 Å². The molecule has 0 saturated carbocycles. The summed E-state index contributed by atoms with van der Waals surface area (Å²) in [6, 6.07) is 3.35. The van der Waals surface area contributed by atoms with Gasteiger partial charge in [0.25, 0.3) is 18.1 Å². The Hall–Kier alpha value is -1.78. The fourth-order valence-corrected chi connectivity index (χ4v) is 2.11. The summed E-state index contributed by atoms with van der Waals surface area (Å²) in [5.41, 5.74) is 2.04. The second-order valence-electron chi connectivity index (χ2n) is 4.11. The first kappa shape index (κ1) is 11.7. The summed E-state index contributed by atoms with van der Waals surface area (Å²) < 4.78 is 24.8. The van der Waals surface area contributed by atoms with Crippen LogP contribution in [-0.4, -0.2) is 24.7 Å². The maximum atomic E-state index is 12.4. The summed E-state index contributed by atoms with van der Waals surface area (Å²) in [6.45, 7) is 2.75. The Morgan fingerprint density at radius 3 is 2.47 bits per heavy atom. The maximum Gasteiger partial charge on any atom is 0.299 e. The number of carbonyl (C=O) groups excluding carboxylic acids is 2. The van der Waals surface area contributed by atoms with Crippen LogP contribution in [0.2, 0.25) is 0 Å². The lowest BCUT2D eigenvalue weighted by Gasteiger charge is -2.16. The third-order valence-electron chi connectivity index (χ3n) is 2.74. The SMILES string of the molecule is Cc1cc(C)c2c(c1)N(CC(F)F)C(=O)C2=O. The number of anilines is 1. The number of halogens is 2. The molecular weight excluding hydrogens is 228 g/mol. The number of ketones is 1. The van der Waals surface area contributed by atoms with Crippen LogP contribution >= 0.6 is 0 Å². The standard InChI is InChI=1S/C12H11F2NO2/c1-6-3-7(2)10-8(4-6)15(5-9(13)14)12(17)11(10)16/h3-4,9H,5H2,1-2H3. The first-order chi connectivity index (χ1) is 7.91. The molecule has 1 aromatic rings. The average Bonchev–Trinajstić information content (AvgIpc) is 2.42. The zero-order valence-electron chi connectivity index (χ0n) is 9.46. The molecule has 0 N–H and O–H groups in total. The summed E-state index contributed by atoms with van der Waals surface area (Å²) >= 11 is 0. The van der Waals surface area contributed by atoms with Crippen molar-refractivity contribution in [1.29, 1.82) is 0 Å². The minimum Gasteiger partial charge on any atom is -0.299 e. The quantitative estimate of drug-likeness (QED) is 0.741. The van der Waals surface area contributed by atoms with Gasteiger partial charge in [-0.25, -0.2) is 8.78 Å². The van der Waals surface area contributed by atoms with Gasteiger partial charge in [-0.2, -0.15) is 0 Å². The molecule has 1 aromatic carbocycles. The molecule has 1 amide bonds. The molecule has 0 radical (unpaired) electrons. The Kier molecular flexibility index (Phi) is 2.69. The number of rotatable bonds is 2. The molecular formula is C12H11F2NO2. The first-order valence-corrected chi connectivity index (χ1v) is 5.17. The Labute approximate surface area is 97.0 Å². The Morgan fingerprint density at radius 1 is 1.24 bits per heavy atom. The van der Waals surface area contributed by atoms with Crippen molar-refractivity contribution < 1.29 is 18.4 Å². The number of nitrogens with zero attached hydrogens (tertiary/aromatic N) is 1. The average molecular weight is 239 g/mol. The van der Waals surface area contributed by atoms with Gasteiger partial charge in [-0.15, -0.1) is 0 Å². The first-order valence-electron chi connectivity index (χ1n) is 5.17. The second-order valence-corrected chi connectivity index (χ2v) is 4.11. The smallest absolute Gasteiger partial charge is 0.299 e. The van der Waals surface area contributed by atoms with E-state index in [1.165, 1.54) is 0 Å². The van der Waals surface area contributed by atoms with Gasteiger partial charge in [0.2, 0.25) is 0 Å². The van der Waals surface area contributed by atoms with Gasteiger partial charge in [0.05, 0.1) is 17.8 Å². The van der Waals surface area contributed by atoms with E-state index < -0.39 is 24.7 Å². The molecule has 0 atom stereocenters. The van der Waals surface area contributed by atoms with Crippen LogP contribution in [0.1, 0.15) is 21.5 Å². The lowest BCUT2D eigenvalue weighted by molar-refractivity contribution is -0.114. The van der Waals surface area contributed by atoms with Crippen LogP contribution in [0.4, 0.5) is 14.5 Å². The summed E-state index contributed by atoms with van der Waals surface area (Å²) in [5.74, 6) is -1.56. The van der Waals surface area contributed by atoms with Gasteiger partial charge in [0.15, 0.2) is 0 Å². The lowest BCUT2D eigenvalue weighted by Crippen LogP contribution is -2.33. The van der Waals surface area contributed by atoms with Crippen LogP contribution in [-0.2, 0) is 4.79 Å². The molecule has 90 valence electrons. The third kappa shape index (κ3) is 1.81. The van der Waals surface area contributed by atoms with Crippen molar-refractivity contribution in [3.8, 4) is 0 Å². The highest BCUT2D eigenvalue weighted by molar-refractivity contribution is 6.52. The molecule has 0 spiro atoms. The molecule has 17 heavy (non-hydrogen) atoms. The molecule has 0 aromatic heterocycles. The fraction of sp³-hybridized carbons (Fsp3) is 0.333. The van der Waals surface area contributed by atoms with E-state index in [-0.39, 0.29) is 5.56 Å². The molecule has 1 aliphatic rings. The van der Waals surface area contributed by atoms with Gasteiger partial charge in [0.1, 0.15) is 0 Å². The van der Waals surface area contributed by atoms with Crippen molar-refractivity contribution in [2.75, 3.05) is 11.4 Å². The predicted molar refractivity (Wildman–Crippen MR) is 58.6 cm³/mol. The monoisotopic (exact) mass is 239 g/mol. The number of amides is 1. The van der Waals surface area contributed by atoms with E-state index in [2.05, 4.69) is 0 Å². The highest BCUT2D eigenvalue weighted by Gasteiger charge is 2.38. The number of aryl methyl sites for hydroxylation is 2. The molecule has 1 aliphatic heterocycles. The molecule has 5 heteroatoms. The van der Waals surface area contributed by atoms with Crippen LogP contribution in [0, 0.1) is 13.8 Å². The zero-order valence-corrected chi connectivity index (χ0v) is 9.46. The number of benzene rings is 1. The molecule has 0 bridgehead atoms. The third-order valence-corrected chi connectivity index (χ3v) is 2.74.